The molecule has 1 heterocycles. The third-order valence-corrected chi connectivity index (χ3v) is 8.10. The van der Waals surface area contributed by atoms with Crippen molar-refractivity contribution in [3.05, 3.63) is 41.5 Å². The second kappa shape index (κ2) is 18.9. The largest absolute Gasteiger partial charge is 0.507 e. The highest BCUT2D eigenvalue weighted by molar-refractivity contribution is 5.86. The summed E-state index contributed by atoms with van der Waals surface area (Å²) in [6, 6.07) is 9.30. The van der Waals surface area contributed by atoms with Crippen molar-refractivity contribution >= 4 is 5.78 Å². The smallest absolute Gasteiger partial charge is 0.229 e. The van der Waals surface area contributed by atoms with Gasteiger partial charge in [0.05, 0.1) is 32.5 Å². The van der Waals surface area contributed by atoms with Crippen LogP contribution in [0.1, 0.15) is 123 Å². The number of carbonyl (C=O) groups excluding carboxylic acids is 1. The third kappa shape index (κ3) is 10.0. The van der Waals surface area contributed by atoms with Crippen molar-refractivity contribution in [2.75, 3.05) is 26.4 Å². The normalized spacial score (nSPS) is 19.4. The number of unbranched alkanes of at least 4 members (excludes halogenated alkanes) is 4. The molecule has 3 rings (SSSR count). The Morgan fingerprint density at radius 2 is 1.31 bits per heavy atom. The predicted octanol–water partition coefficient (Wildman–Crippen LogP) is 8.89. The molecule has 1 aliphatic heterocycles. The van der Waals surface area contributed by atoms with Crippen LogP contribution in [-0.2, 0) is 20.7 Å². The molecule has 1 aliphatic rings. The van der Waals surface area contributed by atoms with Crippen LogP contribution in [0.5, 0.6) is 28.7 Å². The van der Waals surface area contributed by atoms with E-state index in [9.17, 15) is 9.90 Å². The molecule has 0 aromatic heterocycles. The molecule has 45 heavy (non-hydrogen) atoms. The Kier molecular flexibility index (Phi) is 15.3. The van der Waals surface area contributed by atoms with E-state index in [1.807, 2.05) is 38.1 Å². The maximum atomic E-state index is 13.3. The molecule has 0 amide bonds. The molecule has 0 aliphatic carbocycles. The van der Waals surface area contributed by atoms with E-state index in [4.69, 9.17) is 28.4 Å². The Morgan fingerprint density at radius 3 is 1.89 bits per heavy atom. The SMILES string of the molecule is CCCCOc1cc(O)c(C[C@H]2OC(CC)(C(=O)CC)O[C@@H]2c2ccc(OCCCC)c(OCCCC)c2)c(OCCCC)c1. The van der Waals surface area contributed by atoms with Crippen LogP contribution in [0.3, 0.4) is 0 Å². The molecule has 0 spiro atoms. The molecule has 3 atom stereocenters. The minimum atomic E-state index is -1.38. The quantitative estimate of drug-likeness (QED) is 0.129. The number of carbonyl (C=O) groups is 1. The van der Waals surface area contributed by atoms with Crippen molar-refractivity contribution in [1.29, 1.82) is 0 Å². The second-order valence-corrected chi connectivity index (χ2v) is 11.7. The zero-order valence-electron chi connectivity index (χ0n) is 28.5. The first-order chi connectivity index (χ1) is 21.9. The first-order valence-electron chi connectivity index (χ1n) is 17.3. The molecule has 2 aromatic rings. The van der Waals surface area contributed by atoms with Gasteiger partial charge in [-0.1, -0.05) is 73.3 Å². The topological polar surface area (TPSA) is 92.7 Å². The number of hydrogen-bond donors (Lipinski definition) is 1. The molecular weight excluding hydrogens is 572 g/mol. The fourth-order valence-corrected chi connectivity index (χ4v) is 5.28. The van der Waals surface area contributed by atoms with Crippen molar-refractivity contribution in [3.8, 4) is 28.7 Å². The fraction of sp³-hybridized carbons (Fsp3) is 0.649. The Balaban J connectivity index is 2.02. The van der Waals surface area contributed by atoms with Crippen molar-refractivity contribution in [2.45, 2.75) is 130 Å². The zero-order chi connectivity index (χ0) is 32.7. The van der Waals surface area contributed by atoms with Crippen molar-refractivity contribution < 1.29 is 38.3 Å². The number of phenols is 1. The lowest BCUT2D eigenvalue weighted by Crippen LogP contribution is -2.39. The van der Waals surface area contributed by atoms with Gasteiger partial charge >= 0.3 is 0 Å². The van der Waals surface area contributed by atoms with Crippen LogP contribution in [-0.4, -0.2) is 49.2 Å². The summed E-state index contributed by atoms with van der Waals surface area (Å²) in [5.74, 6) is 1.02. The Labute approximate surface area is 270 Å². The monoisotopic (exact) mass is 628 g/mol. The number of ether oxygens (including phenoxy) is 6. The molecule has 2 aromatic carbocycles. The minimum Gasteiger partial charge on any atom is -0.507 e. The lowest BCUT2D eigenvalue weighted by Gasteiger charge is -2.25. The average molecular weight is 629 g/mol. The van der Waals surface area contributed by atoms with Gasteiger partial charge in [-0.3, -0.25) is 4.79 Å². The van der Waals surface area contributed by atoms with Gasteiger partial charge < -0.3 is 33.5 Å². The van der Waals surface area contributed by atoms with Crippen LogP contribution in [0.25, 0.3) is 0 Å². The standard InChI is InChI=1S/C37H56O8/c1-7-13-19-40-28-24-30(38)29(32(25-28)42-21-15-9-3)26-34-36(45-37(12-6,44-34)35(39)11-5)27-17-18-31(41-20-14-8-2)33(23-27)43-22-16-10-4/h17-18,23-25,34,36,38H,7-16,19-22,26H2,1-6H3/t34-,36-,37?/m1/s1. The lowest BCUT2D eigenvalue weighted by molar-refractivity contribution is -0.190. The molecule has 8 nitrogen and oxygen atoms in total. The van der Waals surface area contributed by atoms with Crippen molar-refractivity contribution in [3.63, 3.8) is 0 Å². The minimum absolute atomic E-state index is 0.0666. The highest BCUT2D eigenvalue weighted by Crippen LogP contribution is 2.46. The van der Waals surface area contributed by atoms with Gasteiger partial charge in [0.15, 0.2) is 17.3 Å². The molecular formula is C37H56O8. The van der Waals surface area contributed by atoms with E-state index >= 15 is 0 Å². The number of aromatic hydroxyl groups is 1. The van der Waals surface area contributed by atoms with Crippen LogP contribution < -0.4 is 18.9 Å². The van der Waals surface area contributed by atoms with Gasteiger partial charge in [0.2, 0.25) is 5.79 Å². The summed E-state index contributed by atoms with van der Waals surface area (Å²) in [6.07, 6.45) is 7.45. The van der Waals surface area contributed by atoms with Crippen LogP contribution >= 0.6 is 0 Å². The summed E-state index contributed by atoms with van der Waals surface area (Å²) < 4.78 is 37.6. The molecule has 0 saturated carbocycles. The second-order valence-electron chi connectivity index (χ2n) is 11.7. The number of ketones is 1. The summed E-state index contributed by atoms with van der Waals surface area (Å²) in [5.41, 5.74) is 1.42. The van der Waals surface area contributed by atoms with Gasteiger partial charge in [0.25, 0.3) is 0 Å². The highest BCUT2D eigenvalue weighted by atomic mass is 16.8. The summed E-state index contributed by atoms with van der Waals surface area (Å²) in [4.78, 5) is 13.3. The lowest BCUT2D eigenvalue weighted by atomic mass is 9.97. The predicted molar refractivity (Wildman–Crippen MR) is 177 cm³/mol. The van der Waals surface area contributed by atoms with E-state index in [-0.39, 0.29) is 24.4 Å². The van der Waals surface area contributed by atoms with Crippen LogP contribution in [0.15, 0.2) is 30.3 Å². The van der Waals surface area contributed by atoms with Crippen LogP contribution in [0, 0.1) is 0 Å². The van der Waals surface area contributed by atoms with Gasteiger partial charge in [0.1, 0.15) is 23.4 Å². The molecule has 0 radical (unpaired) electrons. The number of phenolic OH excluding ortho intramolecular Hbond substituents is 1. The van der Waals surface area contributed by atoms with Gasteiger partial charge in [-0.05, 0) is 43.4 Å². The molecule has 1 saturated heterocycles. The molecule has 1 fully saturated rings. The molecule has 8 heteroatoms. The Bertz CT molecular complexity index is 1180. The maximum absolute atomic E-state index is 13.3. The molecule has 252 valence electrons. The summed E-state index contributed by atoms with van der Waals surface area (Å²) >= 11 is 0. The van der Waals surface area contributed by atoms with E-state index < -0.39 is 18.0 Å². The highest BCUT2D eigenvalue weighted by Gasteiger charge is 2.51. The molecule has 0 bridgehead atoms. The first kappa shape index (κ1) is 36.5. The van der Waals surface area contributed by atoms with Gasteiger partial charge in [-0.2, -0.15) is 0 Å². The van der Waals surface area contributed by atoms with Gasteiger partial charge in [-0.15, -0.1) is 0 Å². The number of hydrogen-bond acceptors (Lipinski definition) is 8. The summed E-state index contributed by atoms with van der Waals surface area (Å²) in [6.45, 7) is 14.4. The molecule has 1 unspecified atom stereocenters. The summed E-state index contributed by atoms with van der Waals surface area (Å²) in [5, 5.41) is 11.3. The van der Waals surface area contributed by atoms with Crippen molar-refractivity contribution in [1.82, 2.24) is 0 Å². The first-order valence-corrected chi connectivity index (χ1v) is 17.3. The summed E-state index contributed by atoms with van der Waals surface area (Å²) in [7, 11) is 0. The Morgan fingerprint density at radius 1 is 0.733 bits per heavy atom. The average Bonchev–Trinajstić information content (AvgIpc) is 3.43. The fourth-order valence-electron chi connectivity index (χ4n) is 5.28. The van der Waals surface area contributed by atoms with Crippen molar-refractivity contribution in [2.24, 2.45) is 0 Å². The van der Waals surface area contributed by atoms with Gasteiger partial charge in [0, 0.05) is 37.0 Å². The third-order valence-electron chi connectivity index (χ3n) is 8.10. The number of benzene rings is 2. The maximum Gasteiger partial charge on any atom is 0.229 e. The van der Waals surface area contributed by atoms with E-state index in [1.165, 1.54) is 0 Å². The zero-order valence-corrected chi connectivity index (χ0v) is 28.5. The van der Waals surface area contributed by atoms with Crippen LogP contribution in [0.4, 0.5) is 0 Å². The van der Waals surface area contributed by atoms with E-state index in [0.717, 1.165) is 56.9 Å². The van der Waals surface area contributed by atoms with E-state index in [0.29, 0.717) is 61.4 Å². The molecule has 1 N–H and O–H groups in total. The van der Waals surface area contributed by atoms with E-state index in [2.05, 4.69) is 27.7 Å². The Hall–Kier alpha value is -2.97. The van der Waals surface area contributed by atoms with E-state index in [1.54, 1.807) is 6.07 Å². The number of rotatable bonds is 22. The number of Topliss-reactive ketones (excluding diaryl/α,β-unsaturated/α-hetero) is 1. The van der Waals surface area contributed by atoms with Gasteiger partial charge in [-0.25, -0.2) is 0 Å². The van der Waals surface area contributed by atoms with Crippen LogP contribution in [0.2, 0.25) is 0 Å².